The molecule has 0 saturated heterocycles. The number of imidazole rings is 1. The van der Waals surface area contributed by atoms with Crippen molar-refractivity contribution in [2.45, 2.75) is 6.92 Å². The van der Waals surface area contributed by atoms with Crippen molar-refractivity contribution in [3.8, 4) is 6.07 Å². The number of rotatable bonds is 3. The summed E-state index contributed by atoms with van der Waals surface area (Å²) >= 11 is 0. The summed E-state index contributed by atoms with van der Waals surface area (Å²) in [5.41, 5.74) is -0.0499. The van der Waals surface area contributed by atoms with E-state index in [2.05, 4.69) is 4.98 Å². The zero-order valence-corrected chi connectivity index (χ0v) is 8.60. The number of hydrogen-bond donors (Lipinski definition) is 0. The van der Waals surface area contributed by atoms with Crippen molar-refractivity contribution in [2.75, 3.05) is 6.61 Å². The molecule has 5 heteroatoms. The summed E-state index contributed by atoms with van der Waals surface area (Å²) < 4.78 is 6.42. The normalized spacial score (nSPS) is 10.9. The first-order chi connectivity index (χ1) is 7.19. The maximum Gasteiger partial charge on any atom is 0.349 e. The van der Waals surface area contributed by atoms with Gasteiger partial charge in [0.1, 0.15) is 17.5 Å². The first-order valence-electron chi connectivity index (χ1n) is 4.45. The van der Waals surface area contributed by atoms with E-state index in [1.54, 1.807) is 37.0 Å². The lowest BCUT2D eigenvalue weighted by Crippen LogP contribution is -2.06. The van der Waals surface area contributed by atoms with Crippen LogP contribution in [0.4, 0.5) is 0 Å². The van der Waals surface area contributed by atoms with Crippen LogP contribution in [0.2, 0.25) is 0 Å². The molecule has 0 fully saturated rings. The van der Waals surface area contributed by atoms with E-state index >= 15 is 0 Å². The van der Waals surface area contributed by atoms with Gasteiger partial charge in [0.2, 0.25) is 0 Å². The number of ether oxygens (including phenoxy) is 1. The van der Waals surface area contributed by atoms with Crippen LogP contribution in [0.5, 0.6) is 0 Å². The number of carbonyl (C=O) groups is 1. The molecular weight excluding hydrogens is 194 g/mol. The Bertz CT molecular complexity index is 426. The fraction of sp³-hybridized carbons (Fsp3) is 0.300. The summed E-state index contributed by atoms with van der Waals surface area (Å²) in [5, 5.41) is 8.76. The van der Waals surface area contributed by atoms with E-state index in [0.717, 1.165) is 0 Å². The second-order valence-electron chi connectivity index (χ2n) is 2.79. The van der Waals surface area contributed by atoms with Gasteiger partial charge in [-0.1, -0.05) is 0 Å². The highest BCUT2D eigenvalue weighted by Gasteiger charge is 2.10. The van der Waals surface area contributed by atoms with Crippen molar-refractivity contribution in [2.24, 2.45) is 7.05 Å². The molecule has 0 aliphatic heterocycles. The summed E-state index contributed by atoms with van der Waals surface area (Å²) in [7, 11) is 1.78. The Morgan fingerprint density at radius 1 is 1.80 bits per heavy atom. The predicted molar refractivity (Wildman–Crippen MR) is 53.4 cm³/mol. The quantitative estimate of drug-likeness (QED) is 0.417. The Labute approximate surface area is 87.6 Å². The van der Waals surface area contributed by atoms with Crippen molar-refractivity contribution >= 4 is 12.0 Å². The van der Waals surface area contributed by atoms with E-state index in [0.29, 0.717) is 5.82 Å². The lowest BCUT2D eigenvalue weighted by Gasteiger charge is -1.99. The molecular formula is C10H11N3O2. The van der Waals surface area contributed by atoms with Crippen LogP contribution in [0.3, 0.4) is 0 Å². The molecule has 0 bridgehead atoms. The Morgan fingerprint density at radius 3 is 3.00 bits per heavy atom. The zero-order chi connectivity index (χ0) is 11.3. The first kappa shape index (κ1) is 11.0. The molecule has 1 aromatic heterocycles. The summed E-state index contributed by atoms with van der Waals surface area (Å²) in [6.07, 6.45) is 4.72. The molecule has 0 aromatic carbocycles. The van der Waals surface area contributed by atoms with Crippen LogP contribution >= 0.6 is 0 Å². The minimum atomic E-state index is -0.622. The number of aryl methyl sites for hydroxylation is 1. The summed E-state index contributed by atoms with van der Waals surface area (Å²) in [6.45, 7) is 1.94. The van der Waals surface area contributed by atoms with Crippen molar-refractivity contribution in [1.82, 2.24) is 9.55 Å². The molecule has 0 aliphatic rings. The molecule has 0 atom stereocenters. The molecule has 1 rings (SSSR count). The SMILES string of the molecule is CCOC(=O)/C(C#N)=C\c1nccn1C. The molecule has 0 N–H and O–H groups in total. The number of nitrogens with zero attached hydrogens (tertiary/aromatic N) is 3. The van der Waals surface area contributed by atoms with Gasteiger partial charge in [0.25, 0.3) is 0 Å². The van der Waals surface area contributed by atoms with Gasteiger partial charge in [-0.25, -0.2) is 9.78 Å². The Balaban J connectivity index is 2.94. The minimum Gasteiger partial charge on any atom is -0.462 e. The van der Waals surface area contributed by atoms with Gasteiger partial charge in [0.15, 0.2) is 0 Å². The number of carbonyl (C=O) groups excluding carboxylic acids is 1. The lowest BCUT2D eigenvalue weighted by atomic mass is 10.2. The topological polar surface area (TPSA) is 67.9 Å². The van der Waals surface area contributed by atoms with Crippen LogP contribution < -0.4 is 0 Å². The molecule has 0 spiro atoms. The highest BCUT2D eigenvalue weighted by molar-refractivity contribution is 5.97. The average Bonchev–Trinajstić information content (AvgIpc) is 2.61. The zero-order valence-electron chi connectivity index (χ0n) is 8.60. The number of aromatic nitrogens is 2. The molecule has 1 heterocycles. The van der Waals surface area contributed by atoms with Gasteiger partial charge in [0.05, 0.1) is 6.61 Å². The van der Waals surface area contributed by atoms with E-state index in [4.69, 9.17) is 10.00 Å². The lowest BCUT2D eigenvalue weighted by molar-refractivity contribution is -0.137. The molecule has 5 nitrogen and oxygen atoms in total. The van der Waals surface area contributed by atoms with Crippen LogP contribution in [0.1, 0.15) is 12.7 Å². The maximum absolute atomic E-state index is 11.3. The number of esters is 1. The maximum atomic E-state index is 11.3. The van der Waals surface area contributed by atoms with Gasteiger partial charge in [-0.3, -0.25) is 0 Å². The smallest absolute Gasteiger partial charge is 0.349 e. The molecule has 0 aliphatic carbocycles. The second-order valence-corrected chi connectivity index (χ2v) is 2.79. The molecule has 78 valence electrons. The molecule has 0 unspecified atom stereocenters. The number of nitriles is 1. The third-order valence-electron chi connectivity index (χ3n) is 1.75. The number of hydrogen-bond acceptors (Lipinski definition) is 4. The van der Waals surface area contributed by atoms with E-state index in [-0.39, 0.29) is 12.2 Å². The van der Waals surface area contributed by atoms with Gasteiger partial charge >= 0.3 is 5.97 Å². The minimum absolute atomic E-state index is 0.0499. The van der Waals surface area contributed by atoms with E-state index in [1.807, 2.05) is 0 Å². The molecule has 0 radical (unpaired) electrons. The van der Waals surface area contributed by atoms with Crippen molar-refractivity contribution in [3.05, 3.63) is 23.8 Å². The van der Waals surface area contributed by atoms with Crippen molar-refractivity contribution < 1.29 is 9.53 Å². The van der Waals surface area contributed by atoms with Crippen LogP contribution in [0.15, 0.2) is 18.0 Å². The van der Waals surface area contributed by atoms with Gasteiger partial charge in [0, 0.05) is 25.5 Å². The van der Waals surface area contributed by atoms with E-state index in [9.17, 15) is 4.79 Å². The van der Waals surface area contributed by atoms with Gasteiger partial charge in [-0.2, -0.15) is 5.26 Å². The van der Waals surface area contributed by atoms with Gasteiger partial charge < -0.3 is 9.30 Å². The largest absolute Gasteiger partial charge is 0.462 e. The third kappa shape index (κ3) is 2.68. The van der Waals surface area contributed by atoms with Crippen LogP contribution in [-0.4, -0.2) is 22.1 Å². The van der Waals surface area contributed by atoms with E-state index < -0.39 is 5.97 Å². The highest BCUT2D eigenvalue weighted by Crippen LogP contribution is 2.05. The summed E-state index contributed by atoms with van der Waals surface area (Å²) in [6, 6.07) is 1.79. The summed E-state index contributed by atoms with van der Waals surface area (Å²) in [5.74, 6) is -0.0809. The molecule has 1 aromatic rings. The van der Waals surface area contributed by atoms with Crippen LogP contribution in [0.25, 0.3) is 6.08 Å². The standard InChI is InChI=1S/C10H11N3O2/c1-3-15-10(14)8(7-11)6-9-12-4-5-13(9)2/h4-6H,3H2,1-2H3/b8-6-. The van der Waals surface area contributed by atoms with Crippen molar-refractivity contribution in [3.63, 3.8) is 0 Å². The first-order valence-corrected chi connectivity index (χ1v) is 4.45. The Morgan fingerprint density at radius 2 is 2.53 bits per heavy atom. The molecule has 0 amide bonds. The molecule has 15 heavy (non-hydrogen) atoms. The van der Waals surface area contributed by atoms with Gasteiger partial charge in [-0.05, 0) is 6.92 Å². The fourth-order valence-electron chi connectivity index (χ4n) is 0.991. The predicted octanol–water partition coefficient (Wildman–Crippen LogP) is 0.890. The Hall–Kier alpha value is -2.09. The van der Waals surface area contributed by atoms with Crippen LogP contribution in [-0.2, 0) is 16.6 Å². The molecule has 0 saturated carbocycles. The highest BCUT2D eigenvalue weighted by atomic mass is 16.5. The van der Waals surface area contributed by atoms with Crippen molar-refractivity contribution in [1.29, 1.82) is 5.26 Å². The fourth-order valence-corrected chi connectivity index (χ4v) is 0.991. The van der Waals surface area contributed by atoms with Gasteiger partial charge in [-0.15, -0.1) is 0 Å². The van der Waals surface area contributed by atoms with E-state index in [1.165, 1.54) is 6.08 Å². The monoisotopic (exact) mass is 205 g/mol. The second kappa shape index (κ2) is 4.96. The summed E-state index contributed by atoms with van der Waals surface area (Å²) in [4.78, 5) is 15.2. The third-order valence-corrected chi connectivity index (χ3v) is 1.75. The average molecular weight is 205 g/mol. The Kier molecular flexibility index (Phi) is 3.63. The van der Waals surface area contributed by atoms with Crippen LogP contribution in [0, 0.1) is 11.3 Å².